The van der Waals surface area contributed by atoms with Gasteiger partial charge in [0.05, 0.1) is 0 Å². The summed E-state index contributed by atoms with van der Waals surface area (Å²) >= 11 is 10.3. The number of hydrogen-bond donors (Lipinski definition) is 0. The molecule has 0 unspecified atom stereocenters. The molecule has 1 rings (SSSR count). The number of aryl methyl sites for hydroxylation is 1. The van der Waals surface area contributed by atoms with Gasteiger partial charge in [-0.15, -0.1) is 16.7 Å². The number of halogens is 1. The third-order valence-electron chi connectivity index (χ3n) is 1.06. The minimum atomic E-state index is 0.252. The lowest BCUT2D eigenvalue weighted by molar-refractivity contribution is 0.480. The van der Waals surface area contributed by atoms with E-state index in [-0.39, 0.29) is 6.00 Å². The summed E-state index contributed by atoms with van der Waals surface area (Å²) in [6.45, 7) is 1.94. The van der Waals surface area contributed by atoms with Crippen molar-refractivity contribution in [1.82, 2.24) is 9.78 Å². The standard InChI is InChI=1S/C5H7ClN2OS/c1-2-4-7-8(3-6)5(10)9-4/h2-3H2,1H3. The topological polar surface area (TPSA) is 31.0 Å². The first kappa shape index (κ1) is 7.75. The molecule has 1 aromatic rings. The van der Waals surface area contributed by atoms with Crippen molar-refractivity contribution in [1.29, 1.82) is 0 Å². The van der Waals surface area contributed by atoms with E-state index < -0.39 is 0 Å². The molecule has 0 saturated heterocycles. The molecule has 0 aliphatic carbocycles. The quantitative estimate of drug-likeness (QED) is 0.513. The molecule has 0 atom stereocenters. The van der Waals surface area contributed by atoms with Crippen LogP contribution >= 0.6 is 23.8 Å². The molecule has 0 saturated carbocycles. The average molecular weight is 179 g/mol. The van der Waals surface area contributed by atoms with Gasteiger partial charge in [-0.25, -0.2) is 4.68 Å². The maximum atomic E-state index is 5.48. The summed E-state index contributed by atoms with van der Waals surface area (Å²) in [5, 5.41) is 3.96. The zero-order valence-electron chi connectivity index (χ0n) is 5.50. The van der Waals surface area contributed by atoms with Gasteiger partial charge >= 0.3 is 0 Å². The van der Waals surface area contributed by atoms with Crippen LogP contribution in [0.2, 0.25) is 0 Å². The molecule has 0 N–H and O–H groups in total. The molecule has 3 nitrogen and oxygen atoms in total. The molecule has 0 aliphatic rings. The highest BCUT2D eigenvalue weighted by molar-refractivity contribution is 7.71. The Balaban J connectivity index is 3.04. The van der Waals surface area contributed by atoms with Crippen LogP contribution < -0.4 is 0 Å². The van der Waals surface area contributed by atoms with E-state index in [2.05, 4.69) is 5.10 Å². The number of hydrogen-bond acceptors (Lipinski definition) is 3. The summed E-state index contributed by atoms with van der Waals surface area (Å²) in [7, 11) is 0. The Bertz CT molecular complexity index is 267. The van der Waals surface area contributed by atoms with Crippen molar-refractivity contribution in [3.63, 3.8) is 0 Å². The van der Waals surface area contributed by atoms with E-state index in [4.69, 9.17) is 28.2 Å². The third-order valence-corrected chi connectivity index (χ3v) is 1.58. The van der Waals surface area contributed by atoms with E-state index in [0.29, 0.717) is 10.7 Å². The zero-order chi connectivity index (χ0) is 7.56. The number of nitrogens with zero attached hydrogens (tertiary/aromatic N) is 2. The molecule has 1 aromatic heterocycles. The van der Waals surface area contributed by atoms with E-state index in [1.807, 2.05) is 6.92 Å². The van der Waals surface area contributed by atoms with Gasteiger partial charge in [-0.3, -0.25) is 0 Å². The highest BCUT2D eigenvalue weighted by Gasteiger charge is 1.99. The predicted octanol–water partition coefficient (Wildman–Crippen LogP) is 1.96. The summed E-state index contributed by atoms with van der Waals surface area (Å²) in [5.74, 6) is 0.630. The van der Waals surface area contributed by atoms with Crippen LogP contribution in [0.1, 0.15) is 12.8 Å². The second-order valence-electron chi connectivity index (χ2n) is 1.73. The van der Waals surface area contributed by atoms with E-state index >= 15 is 0 Å². The molecular formula is C5H7ClN2OS. The third kappa shape index (κ3) is 1.38. The van der Waals surface area contributed by atoms with Crippen molar-refractivity contribution in [3.05, 3.63) is 10.7 Å². The number of rotatable bonds is 2. The fourth-order valence-corrected chi connectivity index (χ4v) is 1.00. The molecular weight excluding hydrogens is 172 g/mol. The Labute approximate surface area is 68.6 Å². The molecule has 56 valence electrons. The van der Waals surface area contributed by atoms with Crippen molar-refractivity contribution >= 4 is 23.8 Å². The zero-order valence-corrected chi connectivity index (χ0v) is 7.08. The molecule has 0 aliphatic heterocycles. The molecule has 0 aromatic carbocycles. The highest BCUT2D eigenvalue weighted by Crippen LogP contribution is 2.00. The monoisotopic (exact) mass is 178 g/mol. The van der Waals surface area contributed by atoms with E-state index in [1.54, 1.807) is 0 Å². The Morgan fingerprint density at radius 1 is 1.80 bits per heavy atom. The molecule has 5 heteroatoms. The van der Waals surface area contributed by atoms with E-state index in [9.17, 15) is 0 Å². The smallest absolute Gasteiger partial charge is 0.288 e. The van der Waals surface area contributed by atoms with Gasteiger partial charge in [0, 0.05) is 6.42 Å². The maximum absolute atomic E-state index is 5.48. The van der Waals surface area contributed by atoms with Crippen molar-refractivity contribution in [2.24, 2.45) is 0 Å². The van der Waals surface area contributed by atoms with Gasteiger partial charge < -0.3 is 4.42 Å². The van der Waals surface area contributed by atoms with Crippen LogP contribution in [0, 0.1) is 4.84 Å². The lowest BCUT2D eigenvalue weighted by atomic mass is 10.5. The van der Waals surface area contributed by atoms with Crippen LogP contribution in [0.5, 0.6) is 0 Å². The highest BCUT2D eigenvalue weighted by atomic mass is 35.5. The van der Waals surface area contributed by atoms with Crippen LogP contribution in [0.3, 0.4) is 0 Å². The second kappa shape index (κ2) is 3.16. The van der Waals surface area contributed by atoms with Gasteiger partial charge in [-0.1, -0.05) is 6.92 Å². The number of aromatic nitrogens is 2. The molecule has 0 spiro atoms. The molecule has 0 fully saturated rings. The Morgan fingerprint density at radius 2 is 2.50 bits per heavy atom. The first-order chi connectivity index (χ1) is 4.77. The summed E-state index contributed by atoms with van der Waals surface area (Å²) in [5.41, 5.74) is 0. The molecule has 0 bridgehead atoms. The van der Waals surface area contributed by atoms with E-state index in [1.165, 1.54) is 4.68 Å². The van der Waals surface area contributed by atoms with Gasteiger partial charge in [-0.2, -0.15) is 0 Å². The summed E-state index contributed by atoms with van der Waals surface area (Å²) in [4.78, 5) is 0.340. The van der Waals surface area contributed by atoms with E-state index in [0.717, 1.165) is 6.42 Å². The Kier molecular flexibility index (Phi) is 2.45. The van der Waals surface area contributed by atoms with Crippen LogP contribution in [0.25, 0.3) is 0 Å². The SMILES string of the molecule is CCc1nn(CCl)c(=S)o1. The Hall–Kier alpha value is -0.350. The summed E-state index contributed by atoms with van der Waals surface area (Å²) in [6.07, 6.45) is 0.744. The van der Waals surface area contributed by atoms with Crippen LogP contribution in [-0.4, -0.2) is 9.78 Å². The summed E-state index contributed by atoms with van der Waals surface area (Å²) in [6, 6.07) is 0.252. The predicted molar refractivity (Wildman–Crippen MR) is 40.6 cm³/mol. The van der Waals surface area contributed by atoms with Crippen LogP contribution in [0.4, 0.5) is 0 Å². The average Bonchev–Trinajstić information content (AvgIpc) is 2.30. The number of alkyl halides is 1. The van der Waals surface area contributed by atoms with Gasteiger partial charge in [0.2, 0.25) is 5.89 Å². The first-order valence-electron chi connectivity index (χ1n) is 2.90. The lowest BCUT2D eigenvalue weighted by Crippen LogP contribution is -1.94. The minimum absolute atomic E-state index is 0.252. The first-order valence-corrected chi connectivity index (χ1v) is 3.85. The van der Waals surface area contributed by atoms with Crippen molar-refractivity contribution in [2.75, 3.05) is 0 Å². The normalized spacial score (nSPS) is 10.2. The molecule has 10 heavy (non-hydrogen) atoms. The molecule has 0 radical (unpaired) electrons. The fraction of sp³-hybridized carbons (Fsp3) is 0.600. The Morgan fingerprint density at radius 3 is 2.80 bits per heavy atom. The van der Waals surface area contributed by atoms with Gasteiger partial charge in [0.1, 0.15) is 6.00 Å². The second-order valence-corrected chi connectivity index (χ2v) is 2.32. The van der Waals surface area contributed by atoms with Gasteiger partial charge in [0.15, 0.2) is 0 Å². The molecule has 1 heterocycles. The molecule has 0 amide bonds. The fourth-order valence-electron chi connectivity index (χ4n) is 0.568. The van der Waals surface area contributed by atoms with Crippen molar-refractivity contribution in [2.45, 2.75) is 19.3 Å². The van der Waals surface area contributed by atoms with Crippen LogP contribution in [-0.2, 0) is 12.4 Å². The largest absolute Gasteiger partial charge is 0.414 e. The maximum Gasteiger partial charge on any atom is 0.288 e. The van der Waals surface area contributed by atoms with Gasteiger partial charge in [-0.05, 0) is 12.2 Å². The van der Waals surface area contributed by atoms with Crippen molar-refractivity contribution in [3.8, 4) is 0 Å². The van der Waals surface area contributed by atoms with Crippen LogP contribution in [0.15, 0.2) is 4.42 Å². The van der Waals surface area contributed by atoms with Gasteiger partial charge in [0.25, 0.3) is 4.84 Å². The minimum Gasteiger partial charge on any atom is -0.414 e. The summed E-state index contributed by atoms with van der Waals surface area (Å²) < 4.78 is 6.48. The lowest BCUT2D eigenvalue weighted by Gasteiger charge is -1.84. The van der Waals surface area contributed by atoms with Crippen molar-refractivity contribution < 1.29 is 4.42 Å².